The second kappa shape index (κ2) is 5.15. The number of halogens is 4. The molecule has 0 radical (unpaired) electrons. The maximum Gasteiger partial charge on any atom is 0.156 e. The van der Waals surface area contributed by atoms with E-state index < -0.39 is 5.82 Å². The lowest BCUT2D eigenvalue weighted by atomic mass is 10.1. The van der Waals surface area contributed by atoms with Crippen LogP contribution in [0.5, 0.6) is 0 Å². The molecule has 1 nitrogen and oxygen atoms in total. The zero-order valence-corrected chi connectivity index (χ0v) is 10.0. The molecule has 0 saturated carbocycles. The van der Waals surface area contributed by atoms with Crippen LogP contribution in [0.25, 0.3) is 0 Å². The van der Waals surface area contributed by atoms with Gasteiger partial charge in [-0.3, -0.25) is 0 Å². The Hall–Kier alpha value is 0.170. The van der Waals surface area contributed by atoms with Crippen molar-refractivity contribution < 1.29 is 4.39 Å². The van der Waals surface area contributed by atoms with Crippen LogP contribution in [0.1, 0.15) is 18.5 Å². The van der Waals surface area contributed by atoms with E-state index in [1.54, 1.807) is 19.1 Å². The summed E-state index contributed by atoms with van der Waals surface area (Å²) in [5, 5.41) is 0.0966. The van der Waals surface area contributed by atoms with Crippen LogP contribution >= 0.6 is 39.9 Å². The molecule has 0 spiro atoms. The molecular weight excluding hydrogens is 280 g/mol. The Balaban J connectivity index is 0.00000144. The molecule has 1 atom stereocenters. The van der Waals surface area contributed by atoms with E-state index in [1.165, 1.54) is 0 Å². The minimum atomic E-state index is -0.452. The molecule has 13 heavy (non-hydrogen) atoms. The van der Waals surface area contributed by atoms with Gasteiger partial charge in [-0.1, -0.05) is 17.7 Å². The van der Waals surface area contributed by atoms with Crippen molar-refractivity contribution in [2.75, 3.05) is 0 Å². The number of nitrogens with two attached hydrogens (primary N) is 1. The molecule has 74 valence electrons. The fourth-order valence-electron chi connectivity index (χ4n) is 0.893. The fraction of sp³-hybridized carbons (Fsp3) is 0.250. The molecule has 0 unspecified atom stereocenters. The third-order valence-corrected chi connectivity index (χ3v) is 2.55. The molecule has 0 heterocycles. The first-order chi connectivity index (χ1) is 5.54. The molecule has 1 aromatic rings. The van der Waals surface area contributed by atoms with Crippen molar-refractivity contribution in [2.24, 2.45) is 5.73 Å². The van der Waals surface area contributed by atoms with E-state index in [-0.39, 0.29) is 23.5 Å². The second-order valence-corrected chi connectivity index (χ2v) is 3.79. The predicted molar refractivity (Wildman–Crippen MR) is 59.0 cm³/mol. The molecule has 0 saturated heterocycles. The first kappa shape index (κ1) is 13.2. The summed E-state index contributed by atoms with van der Waals surface area (Å²) in [5.74, 6) is -0.452. The average Bonchev–Trinajstić information content (AvgIpc) is 2.00. The van der Waals surface area contributed by atoms with Crippen LogP contribution in [0.4, 0.5) is 4.39 Å². The zero-order valence-electron chi connectivity index (χ0n) is 6.85. The van der Waals surface area contributed by atoms with Crippen LogP contribution in [-0.4, -0.2) is 0 Å². The summed E-state index contributed by atoms with van der Waals surface area (Å²) in [6, 6.07) is 3.06. The molecule has 0 fully saturated rings. The van der Waals surface area contributed by atoms with Crippen LogP contribution in [0.3, 0.4) is 0 Å². The Labute approximate surface area is 96.0 Å². The molecule has 5 heteroatoms. The van der Waals surface area contributed by atoms with Gasteiger partial charge in [-0.05, 0) is 34.5 Å². The van der Waals surface area contributed by atoms with Gasteiger partial charge in [0, 0.05) is 6.04 Å². The zero-order chi connectivity index (χ0) is 9.30. The largest absolute Gasteiger partial charge is 0.324 e. The minimum absolute atomic E-state index is 0. The third kappa shape index (κ3) is 2.81. The van der Waals surface area contributed by atoms with Gasteiger partial charge in [0.15, 0.2) is 5.82 Å². The number of hydrogen-bond donors (Lipinski definition) is 1. The predicted octanol–water partition coefficient (Wildman–Crippen LogP) is 3.68. The van der Waals surface area contributed by atoms with Gasteiger partial charge in [0.2, 0.25) is 0 Å². The average molecular weight is 289 g/mol. The van der Waals surface area contributed by atoms with E-state index in [0.29, 0.717) is 10.0 Å². The highest BCUT2D eigenvalue weighted by Crippen LogP contribution is 2.29. The van der Waals surface area contributed by atoms with E-state index >= 15 is 0 Å². The van der Waals surface area contributed by atoms with Crippen LogP contribution in [0, 0.1) is 5.82 Å². The van der Waals surface area contributed by atoms with Gasteiger partial charge in [0.05, 0.1) is 9.50 Å². The monoisotopic (exact) mass is 287 g/mol. The first-order valence-corrected chi connectivity index (χ1v) is 4.60. The number of benzene rings is 1. The summed E-state index contributed by atoms with van der Waals surface area (Å²) in [6.07, 6.45) is 0. The van der Waals surface area contributed by atoms with E-state index in [1.807, 2.05) is 0 Å². The quantitative estimate of drug-likeness (QED) is 0.784. The van der Waals surface area contributed by atoms with Crippen LogP contribution in [-0.2, 0) is 0 Å². The topological polar surface area (TPSA) is 26.0 Å². The molecule has 0 amide bonds. The van der Waals surface area contributed by atoms with Gasteiger partial charge in [-0.25, -0.2) is 4.39 Å². The Kier molecular flexibility index (Phi) is 5.22. The van der Waals surface area contributed by atoms with Gasteiger partial charge in [-0.15, -0.1) is 12.4 Å². The van der Waals surface area contributed by atoms with Gasteiger partial charge in [-0.2, -0.15) is 0 Å². The molecule has 1 rings (SSSR count). The highest BCUT2D eigenvalue weighted by Gasteiger charge is 2.11. The van der Waals surface area contributed by atoms with Crippen molar-refractivity contribution in [3.05, 3.63) is 33.0 Å². The van der Waals surface area contributed by atoms with Gasteiger partial charge < -0.3 is 5.73 Å². The second-order valence-electron chi connectivity index (χ2n) is 2.55. The highest BCUT2D eigenvalue weighted by molar-refractivity contribution is 9.10. The number of rotatable bonds is 1. The van der Waals surface area contributed by atoms with E-state index in [2.05, 4.69) is 15.9 Å². The Bertz CT molecular complexity index is 304. The van der Waals surface area contributed by atoms with Crippen LogP contribution < -0.4 is 5.73 Å². The lowest BCUT2D eigenvalue weighted by Gasteiger charge is -2.08. The van der Waals surface area contributed by atoms with Crippen LogP contribution in [0.15, 0.2) is 16.6 Å². The maximum absolute atomic E-state index is 13.1. The van der Waals surface area contributed by atoms with Gasteiger partial charge in [0.25, 0.3) is 0 Å². The number of hydrogen-bond acceptors (Lipinski definition) is 1. The summed E-state index contributed by atoms with van der Waals surface area (Å²) in [6.45, 7) is 1.76. The smallest absolute Gasteiger partial charge is 0.156 e. The Morgan fingerprint density at radius 2 is 2.08 bits per heavy atom. The normalized spacial score (nSPS) is 12.1. The standard InChI is InChI=1S/C8H8BrClFN.ClH/c1-4(12)5-2-3-6(9)8(11)7(5)10;/h2-4H,12H2,1H3;1H/t4-;/m1./s1. The van der Waals surface area contributed by atoms with Crippen molar-refractivity contribution in [3.8, 4) is 0 Å². The lowest BCUT2D eigenvalue weighted by molar-refractivity contribution is 0.616. The Morgan fingerprint density at radius 1 is 1.54 bits per heavy atom. The van der Waals surface area contributed by atoms with E-state index in [4.69, 9.17) is 17.3 Å². The summed E-state index contributed by atoms with van der Waals surface area (Å²) >= 11 is 8.74. The molecule has 0 aliphatic rings. The SMILES string of the molecule is C[C@@H](N)c1ccc(Br)c(F)c1Cl.Cl. The highest BCUT2D eigenvalue weighted by atomic mass is 79.9. The summed E-state index contributed by atoms with van der Waals surface area (Å²) in [7, 11) is 0. The third-order valence-electron chi connectivity index (χ3n) is 1.56. The maximum atomic E-state index is 13.1. The molecule has 1 aromatic carbocycles. The van der Waals surface area contributed by atoms with Gasteiger partial charge >= 0.3 is 0 Å². The van der Waals surface area contributed by atoms with Crippen molar-refractivity contribution in [1.29, 1.82) is 0 Å². The summed E-state index contributed by atoms with van der Waals surface area (Å²) in [4.78, 5) is 0. The van der Waals surface area contributed by atoms with E-state index in [9.17, 15) is 4.39 Å². The van der Waals surface area contributed by atoms with Crippen molar-refractivity contribution in [2.45, 2.75) is 13.0 Å². The molecule has 0 aliphatic carbocycles. The fourth-order valence-corrected chi connectivity index (χ4v) is 1.67. The summed E-state index contributed by atoms with van der Waals surface area (Å²) < 4.78 is 13.5. The molecule has 0 bridgehead atoms. The first-order valence-electron chi connectivity index (χ1n) is 3.43. The van der Waals surface area contributed by atoms with Gasteiger partial charge in [0.1, 0.15) is 0 Å². The van der Waals surface area contributed by atoms with Crippen LogP contribution in [0.2, 0.25) is 5.02 Å². The Morgan fingerprint density at radius 3 is 2.54 bits per heavy atom. The van der Waals surface area contributed by atoms with E-state index in [0.717, 1.165) is 0 Å². The molecule has 0 aromatic heterocycles. The van der Waals surface area contributed by atoms with Crippen molar-refractivity contribution in [1.82, 2.24) is 0 Å². The molecule has 2 N–H and O–H groups in total. The van der Waals surface area contributed by atoms with Crippen molar-refractivity contribution in [3.63, 3.8) is 0 Å². The summed E-state index contributed by atoms with van der Waals surface area (Å²) in [5.41, 5.74) is 6.19. The molecular formula is C8H9BrCl2FN. The minimum Gasteiger partial charge on any atom is -0.324 e. The lowest BCUT2D eigenvalue weighted by Crippen LogP contribution is -2.06. The van der Waals surface area contributed by atoms with Crippen molar-refractivity contribution >= 4 is 39.9 Å². The molecule has 0 aliphatic heterocycles.